The molecule has 0 aromatic rings. The third-order valence-electron chi connectivity index (χ3n) is 9.60. The molecule has 0 aliphatic carbocycles. The zero-order valence-corrected chi connectivity index (χ0v) is 32.1. The first-order valence-electron chi connectivity index (χ1n) is 20.5. The lowest BCUT2D eigenvalue weighted by Crippen LogP contribution is -2.47. The van der Waals surface area contributed by atoms with Crippen molar-refractivity contribution in [2.45, 2.75) is 160 Å². The van der Waals surface area contributed by atoms with E-state index >= 15 is 0 Å². The van der Waals surface area contributed by atoms with Gasteiger partial charge in [-0.25, -0.2) is 0 Å². The molecule has 1 aliphatic rings. The molecule has 0 bridgehead atoms. The Morgan fingerprint density at radius 2 is 1.16 bits per heavy atom. The molecule has 1 rings (SSSR count). The van der Waals surface area contributed by atoms with Crippen molar-refractivity contribution in [1.29, 1.82) is 0 Å². The minimum atomic E-state index is -0.500. The van der Waals surface area contributed by atoms with Crippen LogP contribution in [-0.4, -0.2) is 98.6 Å². The van der Waals surface area contributed by atoms with E-state index in [0.29, 0.717) is 45.4 Å². The number of rotatable bonds is 34. The lowest BCUT2D eigenvalue weighted by atomic mass is 10.1. The highest BCUT2D eigenvalue weighted by Gasteiger charge is 2.22. The molecule has 2 unspecified atom stereocenters. The maximum Gasteiger partial charge on any atom is 0.242 e. The van der Waals surface area contributed by atoms with Gasteiger partial charge < -0.3 is 33.2 Å². The second kappa shape index (κ2) is 32.8. The largest absolute Gasteiger partial charge is 0.355 e. The summed E-state index contributed by atoms with van der Waals surface area (Å²) in [5.41, 5.74) is 17.2. The summed E-state index contributed by atoms with van der Waals surface area (Å²) in [5.74, 6) is -0.201. The Morgan fingerprint density at radius 1 is 0.640 bits per heavy atom. The monoisotopic (exact) mass is 707 g/mol. The number of nitrogens with zero attached hydrogens (tertiary/aromatic N) is 2. The number of hydrogen-bond donors (Lipinski definition) is 6. The number of nitrogens with one attached hydrogen (secondary N) is 3. The number of amides is 3. The van der Waals surface area contributed by atoms with Crippen molar-refractivity contribution >= 4 is 17.7 Å². The molecule has 11 heteroatoms. The number of carbonyl (C=O) groups is 3. The van der Waals surface area contributed by atoms with E-state index in [-0.39, 0.29) is 17.7 Å². The molecule has 0 saturated carbocycles. The fourth-order valence-electron chi connectivity index (χ4n) is 6.38. The Kier molecular flexibility index (Phi) is 30.2. The first-order valence-corrected chi connectivity index (χ1v) is 20.5. The van der Waals surface area contributed by atoms with Crippen LogP contribution in [-0.2, 0) is 14.4 Å². The maximum atomic E-state index is 13.0. The molecule has 0 aromatic carbocycles. The molecule has 1 heterocycles. The van der Waals surface area contributed by atoms with E-state index in [1.54, 1.807) is 0 Å². The number of unbranched alkanes of at least 4 members (excludes halogenated alkanes) is 13. The highest BCUT2D eigenvalue weighted by atomic mass is 16.2. The Balaban J connectivity index is 2.16. The summed E-state index contributed by atoms with van der Waals surface area (Å²) in [6, 6.07) is -0.954. The lowest BCUT2D eigenvalue weighted by molar-refractivity contribution is -0.129. The molecule has 2 atom stereocenters. The van der Waals surface area contributed by atoms with Gasteiger partial charge in [-0.2, -0.15) is 0 Å². The molecule has 50 heavy (non-hydrogen) atoms. The molecule has 9 N–H and O–H groups in total. The van der Waals surface area contributed by atoms with E-state index in [4.69, 9.17) is 17.2 Å². The van der Waals surface area contributed by atoms with Gasteiger partial charge in [-0.3, -0.25) is 24.2 Å². The van der Waals surface area contributed by atoms with Crippen molar-refractivity contribution in [1.82, 2.24) is 25.8 Å². The highest BCUT2D eigenvalue weighted by molar-refractivity contribution is 5.87. The molecule has 0 aromatic heterocycles. The van der Waals surface area contributed by atoms with Crippen LogP contribution in [0.3, 0.4) is 0 Å². The van der Waals surface area contributed by atoms with E-state index in [1.807, 2.05) is 0 Å². The average Bonchev–Trinajstić information content (AvgIpc) is 3.57. The number of hydrogen-bond acceptors (Lipinski definition) is 8. The van der Waals surface area contributed by atoms with Crippen LogP contribution in [0.4, 0.5) is 0 Å². The molecule has 0 radical (unpaired) electrons. The lowest BCUT2D eigenvalue weighted by Gasteiger charge is -2.20. The van der Waals surface area contributed by atoms with Gasteiger partial charge in [0.25, 0.3) is 0 Å². The summed E-state index contributed by atoms with van der Waals surface area (Å²) in [6.45, 7) is 9.43. The van der Waals surface area contributed by atoms with Gasteiger partial charge in [-0.15, -0.1) is 0 Å². The van der Waals surface area contributed by atoms with E-state index in [0.717, 1.165) is 97.1 Å². The van der Waals surface area contributed by atoms with Crippen LogP contribution < -0.4 is 33.2 Å². The van der Waals surface area contributed by atoms with E-state index in [1.165, 1.54) is 57.8 Å². The molecule has 0 spiro atoms. The predicted octanol–water partition coefficient (Wildman–Crippen LogP) is 4.68. The maximum absolute atomic E-state index is 13.0. The van der Waals surface area contributed by atoms with Gasteiger partial charge in [0.1, 0.15) is 6.04 Å². The van der Waals surface area contributed by atoms with Crippen molar-refractivity contribution < 1.29 is 14.4 Å². The van der Waals surface area contributed by atoms with Gasteiger partial charge in [-0.1, -0.05) is 76.9 Å². The number of allylic oxidation sites excluding steroid dienone is 2. The van der Waals surface area contributed by atoms with Crippen molar-refractivity contribution in [3.05, 3.63) is 12.2 Å². The Hall–Kier alpha value is -2.05. The van der Waals surface area contributed by atoms with Crippen LogP contribution in [0.5, 0.6) is 0 Å². The molecule has 11 nitrogen and oxygen atoms in total. The van der Waals surface area contributed by atoms with E-state index in [2.05, 4.69) is 44.8 Å². The summed E-state index contributed by atoms with van der Waals surface area (Å²) in [6.07, 6.45) is 27.6. The van der Waals surface area contributed by atoms with Crippen molar-refractivity contribution in [2.24, 2.45) is 17.2 Å². The molecular formula is C39H78N8O3. The van der Waals surface area contributed by atoms with Gasteiger partial charge in [0.15, 0.2) is 0 Å². The molecule has 1 fully saturated rings. The van der Waals surface area contributed by atoms with Gasteiger partial charge >= 0.3 is 0 Å². The summed E-state index contributed by atoms with van der Waals surface area (Å²) in [4.78, 5) is 42.6. The van der Waals surface area contributed by atoms with Crippen LogP contribution in [0.2, 0.25) is 0 Å². The van der Waals surface area contributed by atoms with E-state index in [9.17, 15) is 14.4 Å². The first-order chi connectivity index (χ1) is 24.4. The standard InChI is InChI=1S/C39H78N8O3/c1-2-3-4-5-6-7-8-9-10-11-12-13-14-15-16-25-37(48)45-36(24-18-20-27-41)39(50)44-29-22-31-47-33-32-46(34-47)30-21-28-43-38(49)35(42)23-17-19-26-40/h9-10,35-36H,2-8,11-34,40-42H2,1H3,(H,43,49)(H,44,50)(H,45,48)/b10-9-. The Bertz CT molecular complexity index is 874. The molecule has 292 valence electrons. The second-order valence-corrected chi connectivity index (χ2v) is 14.3. The molecular weight excluding hydrogens is 628 g/mol. The third kappa shape index (κ3) is 25.8. The fraction of sp³-hybridized carbons (Fsp3) is 0.872. The minimum absolute atomic E-state index is 0.0300. The van der Waals surface area contributed by atoms with Crippen LogP contribution >= 0.6 is 0 Å². The van der Waals surface area contributed by atoms with Gasteiger partial charge in [-0.05, 0) is 90.1 Å². The minimum Gasteiger partial charge on any atom is -0.355 e. The summed E-state index contributed by atoms with van der Waals surface area (Å²) in [5, 5.41) is 9.02. The highest BCUT2D eigenvalue weighted by Crippen LogP contribution is 2.11. The normalized spacial score (nSPS) is 15.0. The molecule has 1 aliphatic heterocycles. The topological polar surface area (TPSA) is 172 Å². The van der Waals surface area contributed by atoms with Crippen LogP contribution in [0.25, 0.3) is 0 Å². The van der Waals surface area contributed by atoms with E-state index < -0.39 is 12.1 Å². The van der Waals surface area contributed by atoms with Crippen LogP contribution in [0.1, 0.15) is 148 Å². The van der Waals surface area contributed by atoms with Crippen LogP contribution in [0, 0.1) is 0 Å². The molecule has 3 amide bonds. The summed E-state index contributed by atoms with van der Waals surface area (Å²) >= 11 is 0. The number of nitrogens with two attached hydrogens (primary N) is 3. The Morgan fingerprint density at radius 3 is 1.74 bits per heavy atom. The first kappa shape index (κ1) is 46.0. The van der Waals surface area contributed by atoms with Gasteiger partial charge in [0.2, 0.25) is 17.7 Å². The van der Waals surface area contributed by atoms with Crippen LogP contribution in [0.15, 0.2) is 12.2 Å². The average molecular weight is 707 g/mol. The van der Waals surface area contributed by atoms with Gasteiger partial charge in [0, 0.05) is 45.7 Å². The zero-order chi connectivity index (χ0) is 36.5. The molecule has 1 saturated heterocycles. The zero-order valence-electron chi connectivity index (χ0n) is 32.1. The van der Waals surface area contributed by atoms with Crippen molar-refractivity contribution in [3.8, 4) is 0 Å². The van der Waals surface area contributed by atoms with Crippen molar-refractivity contribution in [2.75, 3.05) is 59.0 Å². The fourth-order valence-corrected chi connectivity index (χ4v) is 6.38. The smallest absolute Gasteiger partial charge is 0.242 e. The number of carbonyl (C=O) groups excluding carboxylic acids is 3. The quantitative estimate of drug-likeness (QED) is 0.0414. The second-order valence-electron chi connectivity index (χ2n) is 14.3. The predicted molar refractivity (Wildman–Crippen MR) is 208 cm³/mol. The van der Waals surface area contributed by atoms with Crippen molar-refractivity contribution in [3.63, 3.8) is 0 Å². The third-order valence-corrected chi connectivity index (χ3v) is 9.60. The Labute approximate surface area is 306 Å². The summed E-state index contributed by atoms with van der Waals surface area (Å²) in [7, 11) is 0. The summed E-state index contributed by atoms with van der Waals surface area (Å²) < 4.78 is 0. The van der Waals surface area contributed by atoms with Gasteiger partial charge in [0.05, 0.1) is 12.7 Å². The SMILES string of the molecule is CCCCCCCC/C=C\CCCCCCCC(=O)NC(CCCCN)C(=O)NCCCN1CCN(CCCNC(=O)C(N)CCCCN)C1.